The first-order chi connectivity index (χ1) is 13.9. The van der Waals surface area contributed by atoms with Crippen LogP contribution in [0.4, 0.5) is 17.1 Å². The molecular weight excluding hydrogens is 382 g/mol. The molecule has 2 aromatic carbocycles. The summed E-state index contributed by atoms with van der Waals surface area (Å²) >= 11 is 1.36. The molecule has 0 radical (unpaired) electrons. The van der Waals surface area contributed by atoms with Crippen molar-refractivity contribution in [2.45, 2.75) is 44.8 Å². The summed E-state index contributed by atoms with van der Waals surface area (Å²) in [5.74, 6) is 1.44. The van der Waals surface area contributed by atoms with Crippen LogP contribution in [0.15, 0.2) is 59.8 Å². The monoisotopic (exact) mass is 409 g/mol. The maximum Gasteiger partial charge on any atom is 0.237 e. The molecule has 0 spiro atoms. The van der Waals surface area contributed by atoms with Crippen LogP contribution in [0.1, 0.15) is 39.4 Å². The largest absolute Gasteiger partial charge is 0.356 e. The fourth-order valence-corrected chi connectivity index (χ4v) is 3.57. The number of aromatic nitrogens is 3. The molecule has 7 heteroatoms. The first-order valence-corrected chi connectivity index (χ1v) is 10.7. The van der Waals surface area contributed by atoms with Crippen LogP contribution >= 0.6 is 11.8 Å². The molecule has 0 aliphatic heterocycles. The molecule has 0 fully saturated rings. The number of amides is 1. The lowest BCUT2D eigenvalue weighted by molar-refractivity contribution is -0.116. The Balaban J connectivity index is 1.65. The molecule has 2 N–H and O–H groups in total. The minimum absolute atomic E-state index is 0.0321. The minimum atomic E-state index is 0.0321. The van der Waals surface area contributed by atoms with Crippen LogP contribution in [0.2, 0.25) is 0 Å². The maximum absolute atomic E-state index is 12.9. The topological polar surface area (TPSA) is 73.9 Å². The van der Waals surface area contributed by atoms with Gasteiger partial charge in [0.2, 0.25) is 11.1 Å². The summed E-state index contributed by atoms with van der Waals surface area (Å²) in [5.41, 5.74) is 2.88. The molecule has 0 atom stereocenters. The van der Waals surface area contributed by atoms with E-state index < -0.39 is 0 Å². The van der Waals surface area contributed by atoms with E-state index in [4.69, 9.17) is 0 Å². The summed E-state index contributed by atoms with van der Waals surface area (Å²) in [5, 5.41) is 11.1. The third kappa shape index (κ3) is 5.60. The average Bonchev–Trinajstić information content (AvgIpc) is 3.18. The first-order valence-electron chi connectivity index (χ1n) is 9.73. The Kier molecular flexibility index (Phi) is 6.93. The molecule has 0 unspecified atom stereocenters. The number of nitrogens with zero attached hydrogens (tertiary/aromatic N) is 3. The lowest BCUT2D eigenvalue weighted by Crippen LogP contribution is -2.38. The molecule has 0 saturated heterocycles. The number of thioether (sulfide) groups is 1. The van der Waals surface area contributed by atoms with Gasteiger partial charge in [0, 0.05) is 29.0 Å². The quantitative estimate of drug-likeness (QED) is 0.500. The number of nitrogens with one attached hydrogen (secondary N) is 2. The summed E-state index contributed by atoms with van der Waals surface area (Å²) in [4.78, 5) is 19.1. The number of aromatic amines is 1. The summed E-state index contributed by atoms with van der Waals surface area (Å²) < 4.78 is 0. The lowest BCUT2D eigenvalue weighted by atomic mass is 10.2. The van der Waals surface area contributed by atoms with Crippen molar-refractivity contribution >= 4 is 34.7 Å². The highest BCUT2D eigenvalue weighted by atomic mass is 32.2. The van der Waals surface area contributed by atoms with E-state index in [0.717, 1.165) is 22.9 Å². The highest BCUT2D eigenvalue weighted by molar-refractivity contribution is 7.99. The molecule has 1 aromatic heterocycles. The van der Waals surface area contributed by atoms with Crippen molar-refractivity contribution in [3.8, 4) is 0 Å². The standard InChI is InChI=1S/C22H27N5OS/c1-15(2)21-24-22(26-25-21)29-14-20(28)27(16(3)4)19-12-10-18(11-13-19)23-17-8-6-5-7-9-17/h5-13,15-16,23H,14H2,1-4H3,(H,24,25,26). The number of hydrogen-bond acceptors (Lipinski definition) is 5. The predicted molar refractivity (Wildman–Crippen MR) is 120 cm³/mol. The number of hydrogen-bond donors (Lipinski definition) is 2. The van der Waals surface area contributed by atoms with E-state index in [1.807, 2.05) is 73.3 Å². The maximum atomic E-state index is 12.9. The molecule has 29 heavy (non-hydrogen) atoms. The number of H-pyrrole nitrogens is 1. The van der Waals surface area contributed by atoms with Gasteiger partial charge in [-0.1, -0.05) is 43.8 Å². The van der Waals surface area contributed by atoms with Crippen LogP contribution < -0.4 is 10.2 Å². The number of benzene rings is 2. The molecule has 0 saturated carbocycles. The van der Waals surface area contributed by atoms with Crippen LogP contribution in [-0.2, 0) is 4.79 Å². The van der Waals surface area contributed by atoms with Gasteiger partial charge in [0.15, 0.2) is 0 Å². The third-order valence-electron chi connectivity index (χ3n) is 4.35. The van der Waals surface area contributed by atoms with Gasteiger partial charge in [-0.15, -0.1) is 5.10 Å². The molecule has 3 aromatic rings. The zero-order chi connectivity index (χ0) is 20.8. The van der Waals surface area contributed by atoms with Gasteiger partial charge >= 0.3 is 0 Å². The van der Waals surface area contributed by atoms with E-state index in [1.54, 1.807) is 0 Å². The van der Waals surface area contributed by atoms with Gasteiger partial charge in [-0.25, -0.2) is 4.98 Å². The van der Waals surface area contributed by atoms with E-state index >= 15 is 0 Å². The molecule has 1 heterocycles. The van der Waals surface area contributed by atoms with Crippen molar-refractivity contribution in [2.75, 3.05) is 16.0 Å². The van der Waals surface area contributed by atoms with Crippen molar-refractivity contribution in [2.24, 2.45) is 0 Å². The SMILES string of the molecule is CC(C)c1nc(SCC(=O)N(c2ccc(Nc3ccccc3)cc2)C(C)C)n[nH]1. The smallest absolute Gasteiger partial charge is 0.237 e. The van der Waals surface area contributed by atoms with E-state index in [-0.39, 0.29) is 23.6 Å². The van der Waals surface area contributed by atoms with Gasteiger partial charge < -0.3 is 10.2 Å². The Morgan fingerprint density at radius 2 is 1.69 bits per heavy atom. The van der Waals surface area contributed by atoms with Gasteiger partial charge in [0.05, 0.1) is 5.75 Å². The Morgan fingerprint density at radius 3 is 2.28 bits per heavy atom. The van der Waals surface area contributed by atoms with Gasteiger partial charge in [-0.2, -0.15) is 0 Å². The number of para-hydroxylation sites is 1. The molecule has 6 nitrogen and oxygen atoms in total. The summed E-state index contributed by atoms with van der Waals surface area (Å²) in [6.45, 7) is 8.14. The van der Waals surface area contributed by atoms with Crippen LogP contribution in [0.3, 0.4) is 0 Å². The van der Waals surface area contributed by atoms with E-state index in [9.17, 15) is 4.79 Å². The van der Waals surface area contributed by atoms with E-state index in [2.05, 4.69) is 34.3 Å². The molecule has 0 aliphatic rings. The molecular formula is C22H27N5OS. The van der Waals surface area contributed by atoms with Crippen molar-refractivity contribution in [1.82, 2.24) is 15.2 Å². The highest BCUT2D eigenvalue weighted by Crippen LogP contribution is 2.24. The number of carbonyl (C=O) groups is 1. The predicted octanol–water partition coefficient (Wildman–Crippen LogP) is 5.21. The van der Waals surface area contributed by atoms with Crippen LogP contribution in [0.25, 0.3) is 0 Å². The fourth-order valence-electron chi connectivity index (χ4n) is 2.90. The Hall–Kier alpha value is -2.80. The average molecular weight is 410 g/mol. The molecule has 0 aliphatic carbocycles. The second-order valence-corrected chi connectivity index (χ2v) is 8.28. The molecule has 3 rings (SSSR count). The van der Waals surface area contributed by atoms with Crippen LogP contribution in [0, 0.1) is 0 Å². The molecule has 152 valence electrons. The third-order valence-corrected chi connectivity index (χ3v) is 5.18. The fraction of sp³-hybridized carbons (Fsp3) is 0.318. The Bertz CT molecular complexity index is 922. The van der Waals surface area contributed by atoms with E-state index in [0.29, 0.717) is 5.16 Å². The second-order valence-electron chi connectivity index (χ2n) is 7.34. The molecule has 1 amide bonds. The summed E-state index contributed by atoms with van der Waals surface area (Å²) in [7, 11) is 0. The van der Waals surface area contributed by atoms with Gasteiger partial charge in [0.1, 0.15) is 5.82 Å². The van der Waals surface area contributed by atoms with Crippen molar-refractivity contribution in [3.63, 3.8) is 0 Å². The lowest BCUT2D eigenvalue weighted by Gasteiger charge is -2.27. The van der Waals surface area contributed by atoms with Gasteiger partial charge in [0.25, 0.3) is 0 Å². The van der Waals surface area contributed by atoms with Crippen molar-refractivity contribution < 1.29 is 4.79 Å². The zero-order valence-corrected chi connectivity index (χ0v) is 18.0. The summed E-state index contributed by atoms with van der Waals surface area (Å²) in [6, 6.07) is 18.0. The number of anilines is 3. The van der Waals surface area contributed by atoms with Crippen molar-refractivity contribution in [3.05, 3.63) is 60.4 Å². The second kappa shape index (κ2) is 9.60. The summed E-state index contributed by atoms with van der Waals surface area (Å²) in [6.07, 6.45) is 0. The Morgan fingerprint density at radius 1 is 1.03 bits per heavy atom. The minimum Gasteiger partial charge on any atom is -0.356 e. The zero-order valence-electron chi connectivity index (χ0n) is 17.2. The van der Waals surface area contributed by atoms with E-state index in [1.165, 1.54) is 11.8 Å². The van der Waals surface area contributed by atoms with Crippen molar-refractivity contribution in [1.29, 1.82) is 0 Å². The first kappa shape index (κ1) is 20.9. The normalized spacial score (nSPS) is 11.1. The number of carbonyl (C=O) groups excluding carboxylic acids is 1. The Labute approximate surface area is 176 Å². The number of rotatable bonds is 8. The van der Waals surface area contributed by atoms with Gasteiger partial charge in [-0.05, 0) is 50.2 Å². The van der Waals surface area contributed by atoms with Crippen LogP contribution in [-0.4, -0.2) is 32.9 Å². The van der Waals surface area contributed by atoms with Gasteiger partial charge in [-0.3, -0.25) is 9.89 Å². The van der Waals surface area contributed by atoms with Crippen LogP contribution in [0.5, 0.6) is 0 Å². The highest BCUT2D eigenvalue weighted by Gasteiger charge is 2.20. The molecule has 0 bridgehead atoms.